The normalized spacial score (nSPS) is 15.8. The van der Waals surface area contributed by atoms with Gasteiger partial charge in [0.1, 0.15) is 4.91 Å². The first-order chi connectivity index (χ1) is 7.24. The Labute approximate surface area is 91.1 Å². The highest BCUT2D eigenvalue weighted by molar-refractivity contribution is 8.03. The van der Waals surface area contributed by atoms with E-state index in [9.17, 15) is 9.59 Å². The molecule has 4 heteroatoms. The molecule has 0 saturated carbocycles. The summed E-state index contributed by atoms with van der Waals surface area (Å²) in [6.45, 7) is 0. The van der Waals surface area contributed by atoms with Crippen LogP contribution >= 0.6 is 11.8 Å². The lowest BCUT2D eigenvalue weighted by Crippen LogP contribution is -2.01. The van der Waals surface area contributed by atoms with Crippen molar-refractivity contribution in [3.8, 4) is 0 Å². The molecule has 0 atom stereocenters. The van der Waals surface area contributed by atoms with Gasteiger partial charge in [-0.2, -0.15) is 0 Å². The Hall–Kier alpha value is -1.55. The van der Waals surface area contributed by atoms with Crippen LogP contribution in [0, 0.1) is 0 Å². The first-order valence-electron chi connectivity index (χ1n) is 4.34. The highest BCUT2D eigenvalue weighted by Gasteiger charge is 2.33. The van der Waals surface area contributed by atoms with Crippen LogP contribution in [-0.4, -0.2) is 18.2 Å². The Morgan fingerprint density at radius 1 is 1.07 bits per heavy atom. The van der Waals surface area contributed by atoms with Gasteiger partial charge in [0.2, 0.25) is 0 Å². The average Bonchev–Trinajstić information content (AvgIpc) is 2.54. The monoisotopic (exact) mass is 220 g/mol. The van der Waals surface area contributed by atoms with Gasteiger partial charge in [-0.1, -0.05) is 30.3 Å². The summed E-state index contributed by atoms with van der Waals surface area (Å²) in [7, 11) is 0. The second-order valence-corrected chi connectivity index (χ2v) is 3.77. The van der Waals surface area contributed by atoms with E-state index in [0.29, 0.717) is 10.5 Å². The van der Waals surface area contributed by atoms with Crippen molar-refractivity contribution in [2.24, 2.45) is 0 Å². The SMILES string of the molecule is CSC1=C(c2ccccc2)C(=O)OC1=O. The van der Waals surface area contributed by atoms with Crippen molar-refractivity contribution in [3.05, 3.63) is 40.8 Å². The third-order valence-electron chi connectivity index (χ3n) is 2.07. The van der Waals surface area contributed by atoms with Gasteiger partial charge in [0.15, 0.2) is 0 Å². The van der Waals surface area contributed by atoms with Gasteiger partial charge in [-0.3, -0.25) is 0 Å². The molecule has 2 rings (SSSR count). The third kappa shape index (κ3) is 1.68. The molecule has 0 spiro atoms. The molecule has 0 bridgehead atoms. The molecule has 0 unspecified atom stereocenters. The number of carbonyl (C=O) groups excluding carboxylic acids is 2. The van der Waals surface area contributed by atoms with Crippen molar-refractivity contribution < 1.29 is 14.3 Å². The molecule has 0 fully saturated rings. The number of benzene rings is 1. The minimum atomic E-state index is -0.560. The van der Waals surface area contributed by atoms with Gasteiger partial charge < -0.3 is 4.74 Å². The molecule has 1 aliphatic rings. The van der Waals surface area contributed by atoms with Crippen LogP contribution in [0.2, 0.25) is 0 Å². The molecule has 0 aromatic heterocycles. The van der Waals surface area contributed by atoms with E-state index in [1.165, 1.54) is 11.8 Å². The van der Waals surface area contributed by atoms with Crippen molar-refractivity contribution in [2.45, 2.75) is 0 Å². The van der Waals surface area contributed by atoms with Gasteiger partial charge in [0, 0.05) is 0 Å². The molecule has 1 aromatic carbocycles. The maximum absolute atomic E-state index is 11.4. The van der Waals surface area contributed by atoms with Gasteiger partial charge in [-0.15, -0.1) is 11.8 Å². The predicted molar refractivity (Wildman–Crippen MR) is 58.0 cm³/mol. The minimum Gasteiger partial charge on any atom is -0.385 e. The molecule has 0 amide bonds. The standard InChI is InChI=1S/C11H8O3S/c1-15-9-8(10(12)14-11(9)13)7-5-3-2-4-6-7/h2-6H,1H3. The van der Waals surface area contributed by atoms with E-state index >= 15 is 0 Å². The van der Waals surface area contributed by atoms with E-state index < -0.39 is 11.9 Å². The molecule has 1 aromatic rings. The lowest BCUT2D eigenvalue weighted by molar-refractivity contribution is -0.149. The topological polar surface area (TPSA) is 43.4 Å². The van der Waals surface area contributed by atoms with Crippen LogP contribution < -0.4 is 0 Å². The Morgan fingerprint density at radius 2 is 1.73 bits per heavy atom. The summed E-state index contributed by atoms with van der Waals surface area (Å²) in [4.78, 5) is 23.1. The fraction of sp³-hybridized carbons (Fsp3) is 0.0909. The second-order valence-electron chi connectivity index (χ2n) is 2.95. The molecule has 3 nitrogen and oxygen atoms in total. The third-order valence-corrected chi connectivity index (χ3v) is 2.85. The number of hydrogen-bond donors (Lipinski definition) is 0. The molecular formula is C11H8O3S. The fourth-order valence-electron chi connectivity index (χ4n) is 1.42. The molecule has 76 valence electrons. The quantitative estimate of drug-likeness (QED) is 0.563. The Morgan fingerprint density at radius 3 is 2.33 bits per heavy atom. The van der Waals surface area contributed by atoms with Crippen molar-refractivity contribution in [1.82, 2.24) is 0 Å². The summed E-state index contributed by atoms with van der Waals surface area (Å²) < 4.78 is 4.56. The van der Waals surface area contributed by atoms with Crippen LogP contribution in [0.4, 0.5) is 0 Å². The lowest BCUT2D eigenvalue weighted by Gasteiger charge is -1.98. The number of esters is 2. The molecule has 15 heavy (non-hydrogen) atoms. The van der Waals surface area contributed by atoms with Gasteiger partial charge in [-0.25, -0.2) is 9.59 Å². The van der Waals surface area contributed by atoms with Gasteiger partial charge in [-0.05, 0) is 11.8 Å². The number of thioether (sulfide) groups is 1. The number of ether oxygens (including phenoxy) is 1. The van der Waals surface area contributed by atoms with Crippen molar-refractivity contribution in [2.75, 3.05) is 6.26 Å². The van der Waals surface area contributed by atoms with Crippen molar-refractivity contribution in [3.63, 3.8) is 0 Å². The summed E-state index contributed by atoms with van der Waals surface area (Å²) in [5.74, 6) is -1.11. The van der Waals surface area contributed by atoms with Crippen LogP contribution in [-0.2, 0) is 14.3 Å². The fourth-order valence-corrected chi connectivity index (χ4v) is 2.03. The maximum Gasteiger partial charge on any atom is 0.353 e. The lowest BCUT2D eigenvalue weighted by atomic mass is 10.1. The highest BCUT2D eigenvalue weighted by Crippen LogP contribution is 2.32. The number of cyclic esters (lactones) is 2. The average molecular weight is 220 g/mol. The molecule has 1 heterocycles. The number of rotatable bonds is 2. The van der Waals surface area contributed by atoms with Gasteiger partial charge >= 0.3 is 11.9 Å². The number of carbonyl (C=O) groups is 2. The zero-order valence-corrected chi connectivity index (χ0v) is 8.84. The summed E-state index contributed by atoms with van der Waals surface area (Å²) in [5, 5.41) is 0. The molecule has 0 radical (unpaired) electrons. The van der Waals surface area contributed by atoms with Crippen molar-refractivity contribution >= 4 is 29.3 Å². The van der Waals surface area contributed by atoms with Crippen LogP contribution in [0.15, 0.2) is 35.2 Å². The molecular weight excluding hydrogens is 212 g/mol. The smallest absolute Gasteiger partial charge is 0.353 e. The summed E-state index contributed by atoms with van der Waals surface area (Å²) in [6.07, 6.45) is 1.75. The Balaban J connectivity index is 2.55. The highest BCUT2D eigenvalue weighted by atomic mass is 32.2. The van der Waals surface area contributed by atoms with Crippen LogP contribution in [0.1, 0.15) is 5.56 Å². The largest absolute Gasteiger partial charge is 0.385 e. The van der Waals surface area contributed by atoms with E-state index in [-0.39, 0.29) is 0 Å². The molecule has 1 aliphatic heterocycles. The molecule has 0 N–H and O–H groups in total. The maximum atomic E-state index is 11.4. The Bertz CT molecular complexity index is 448. The predicted octanol–water partition coefficient (Wildman–Crippen LogP) is 1.84. The van der Waals surface area contributed by atoms with Crippen molar-refractivity contribution in [1.29, 1.82) is 0 Å². The minimum absolute atomic E-state index is 0.369. The van der Waals surface area contributed by atoms with E-state index in [0.717, 1.165) is 5.56 Å². The first-order valence-corrected chi connectivity index (χ1v) is 5.56. The van der Waals surface area contributed by atoms with E-state index in [2.05, 4.69) is 4.74 Å². The van der Waals surface area contributed by atoms with Crippen LogP contribution in [0.5, 0.6) is 0 Å². The number of hydrogen-bond acceptors (Lipinski definition) is 4. The summed E-state index contributed by atoms with van der Waals surface area (Å²) in [6, 6.07) is 9.05. The zero-order valence-electron chi connectivity index (χ0n) is 8.02. The summed E-state index contributed by atoms with van der Waals surface area (Å²) in [5.41, 5.74) is 1.09. The van der Waals surface area contributed by atoms with E-state index in [1.807, 2.05) is 18.2 Å². The van der Waals surface area contributed by atoms with Gasteiger partial charge in [0.05, 0.1) is 5.57 Å². The molecule has 0 saturated heterocycles. The van der Waals surface area contributed by atoms with Crippen LogP contribution in [0.3, 0.4) is 0 Å². The molecule has 0 aliphatic carbocycles. The van der Waals surface area contributed by atoms with Gasteiger partial charge in [0.25, 0.3) is 0 Å². The first kappa shape index (κ1) is 9.98. The summed E-state index contributed by atoms with van der Waals surface area (Å²) >= 11 is 1.23. The van der Waals surface area contributed by atoms with Crippen LogP contribution in [0.25, 0.3) is 5.57 Å². The van der Waals surface area contributed by atoms with E-state index in [4.69, 9.17) is 0 Å². The second kappa shape index (κ2) is 3.90. The Kier molecular flexibility index (Phi) is 2.60. The van der Waals surface area contributed by atoms with E-state index in [1.54, 1.807) is 18.4 Å². The zero-order chi connectivity index (χ0) is 10.8.